The van der Waals surface area contributed by atoms with E-state index in [-0.39, 0.29) is 5.92 Å². The molecule has 2 saturated heterocycles. The van der Waals surface area contributed by atoms with Crippen LogP contribution in [0, 0.1) is 11.8 Å². The Labute approximate surface area is 116 Å². The second kappa shape index (κ2) is 7.25. The highest BCUT2D eigenvalue weighted by Crippen LogP contribution is 2.18. The van der Waals surface area contributed by atoms with Gasteiger partial charge in [0.25, 0.3) is 0 Å². The molecule has 0 saturated carbocycles. The van der Waals surface area contributed by atoms with E-state index in [2.05, 4.69) is 24.1 Å². The topological polar surface area (TPSA) is 41.6 Å². The van der Waals surface area contributed by atoms with Crippen molar-refractivity contribution in [2.45, 2.75) is 45.6 Å². The second-order valence-corrected chi connectivity index (χ2v) is 6.34. The number of hydrogen-bond donors (Lipinski definition) is 1. The lowest BCUT2D eigenvalue weighted by molar-refractivity contribution is -0.140. The summed E-state index contributed by atoms with van der Waals surface area (Å²) < 4.78 is 5.47. The van der Waals surface area contributed by atoms with Gasteiger partial charge in [0.15, 0.2) is 0 Å². The summed E-state index contributed by atoms with van der Waals surface area (Å²) in [5, 5.41) is 3.49. The van der Waals surface area contributed by atoms with Gasteiger partial charge in [0.05, 0.1) is 12.5 Å². The fraction of sp³-hybridized carbons (Fsp3) is 0.933. The molecule has 0 bridgehead atoms. The highest BCUT2D eigenvalue weighted by atomic mass is 16.5. The van der Waals surface area contributed by atoms with Gasteiger partial charge in [-0.05, 0) is 38.1 Å². The fourth-order valence-electron chi connectivity index (χ4n) is 3.07. The third-order valence-electron chi connectivity index (χ3n) is 4.01. The molecule has 2 aliphatic heterocycles. The number of nitrogens with one attached hydrogen (secondary N) is 1. The molecule has 0 aliphatic carbocycles. The summed E-state index contributed by atoms with van der Waals surface area (Å²) >= 11 is 0. The lowest BCUT2D eigenvalue weighted by Crippen LogP contribution is -2.46. The Morgan fingerprint density at radius 1 is 1.37 bits per heavy atom. The van der Waals surface area contributed by atoms with Gasteiger partial charge in [-0.25, -0.2) is 0 Å². The second-order valence-electron chi connectivity index (χ2n) is 6.34. The van der Waals surface area contributed by atoms with Crippen molar-refractivity contribution in [3.05, 3.63) is 0 Å². The van der Waals surface area contributed by atoms with Crippen LogP contribution in [-0.2, 0) is 9.53 Å². The van der Waals surface area contributed by atoms with Crippen LogP contribution in [0.25, 0.3) is 0 Å². The van der Waals surface area contributed by atoms with Gasteiger partial charge in [0.1, 0.15) is 0 Å². The SMILES string of the molecule is CC(C)CN(CC1CCCN1)C(=O)C1CCCOC1. The monoisotopic (exact) mass is 268 g/mol. The Morgan fingerprint density at radius 2 is 2.21 bits per heavy atom. The minimum atomic E-state index is 0.0916. The Hall–Kier alpha value is -0.610. The summed E-state index contributed by atoms with van der Waals surface area (Å²) in [6.45, 7) is 8.63. The summed E-state index contributed by atoms with van der Waals surface area (Å²) in [7, 11) is 0. The third-order valence-corrected chi connectivity index (χ3v) is 4.01. The molecule has 0 aromatic rings. The molecule has 1 amide bonds. The molecule has 4 nitrogen and oxygen atoms in total. The maximum absolute atomic E-state index is 12.6. The summed E-state index contributed by atoms with van der Waals surface area (Å²) in [5.74, 6) is 0.922. The maximum Gasteiger partial charge on any atom is 0.228 e. The number of carbonyl (C=O) groups is 1. The predicted molar refractivity (Wildman–Crippen MR) is 76.0 cm³/mol. The standard InChI is InChI=1S/C15H28N2O2/c1-12(2)9-17(10-14-6-3-7-16-14)15(18)13-5-4-8-19-11-13/h12-14,16H,3-11H2,1-2H3. The van der Waals surface area contributed by atoms with Crippen LogP contribution in [0.4, 0.5) is 0 Å². The molecule has 19 heavy (non-hydrogen) atoms. The highest BCUT2D eigenvalue weighted by Gasteiger charge is 2.29. The molecule has 1 N–H and O–H groups in total. The molecule has 4 heteroatoms. The minimum absolute atomic E-state index is 0.0916. The van der Waals surface area contributed by atoms with E-state index in [9.17, 15) is 4.79 Å². The van der Waals surface area contributed by atoms with Crippen molar-refractivity contribution in [3.63, 3.8) is 0 Å². The molecular formula is C15H28N2O2. The van der Waals surface area contributed by atoms with Gasteiger partial charge in [0.2, 0.25) is 5.91 Å². The quantitative estimate of drug-likeness (QED) is 0.824. The Balaban J connectivity index is 1.92. The van der Waals surface area contributed by atoms with Crippen LogP contribution in [0.3, 0.4) is 0 Å². The van der Waals surface area contributed by atoms with Gasteiger partial charge in [-0.3, -0.25) is 4.79 Å². The fourth-order valence-corrected chi connectivity index (χ4v) is 3.07. The average Bonchev–Trinajstić information content (AvgIpc) is 2.90. The first-order valence-electron chi connectivity index (χ1n) is 7.76. The summed E-state index contributed by atoms with van der Waals surface area (Å²) in [6, 6.07) is 0.493. The molecular weight excluding hydrogens is 240 g/mol. The molecule has 2 unspecified atom stereocenters. The Bertz CT molecular complexity index is 282. The van der Waals surface area contributed by atoms with Gasteiger partial charge < -0.3 is 15.0 Å². The van der Waals surface area contributed by atoms with E-state index < -0.39 is 0 Å². The van der Waals surface area contributed by atoms with Crippen molar-refractivity contribution >= 4 is 5.91 Å². The Morgan fingerprint density at radius 3 is 2.79 bits per heavy atom. The third kappa shape index (κ3) is 4.46. The van der Waals surface area contributed by atoms with Crippen molar-refractivity contribution in [1.82, 2.24) is 10.2 Å². The smallest absolute Gasteiger partial charge is 0.228 e. The van der Waals surface area contributed by atoms with Gasteiger partial charge in [0, 0.05) is 25.7 Å². The van der Waals surface area contributed by atoms with Gasteiger partial charge in [-0.1, -0.05) is 13.8 Å². The lowest BCUT2D eigenvalue weighted by Gasteiger charge is -2.32. The molecule has 0 spiro atoms. The van der Waals surface area contributed by atoms with E-state index in [0.29, 0.717) is 24.5 Å². The van der Waals surface area contributed by atoms with Crippen molar-refractivity contribution in [1.29, 1.82) is 0 Å². The van der Waals surface area contributed by atoms with E-state index >= 15 is 0 Å². The highest BCUT2D eigenvalue weighted by molar-refractivity contribution is 5.79. The van der Waals surface area contributed by atoms with E-state index in [1.807, 2.05) is 0 Å². The molecule has 2 heterocycles. The molecule has 2 atom stereocenters. The first kappa shape index (κ1) is 14.8. The molecule has 2 aliphatic rings. The van der Waals surface area contributed by atoms with Crippen LogP contribution in [0.5, 0.6) is 0 Å². The summed E-state index contributed by atoms with van der Waals surface area (Å²) in [5.41, 5.74) is 0. The van der Waals surface area contributed by atoms with Gasteiger partial charge in [-0.15, -0.1) is 0 Å². The predicted octanol–water partition coefficient (Wildman–Crippen LogP) is 1.65. The zero-order valence-corrected chi connectivity index (χ0v) is 12.4. The van der Waals surface area contributed by atoms with Crippen molar-refractivity contribution in [2.24, 2.45) is 11.8 Å². The van der Waals surface area contributed by atoms with Crippen molar-refractivity contribution in [3.8, 4) is 0 Å². The van der Waals surface area contributed by atoms with Gasteiger partial charge in [-0.2, -0.15) is 0 Å². The van der Waals surface area contributed by atoms with E-state index in [0.717, 1.165) is 39.1 Å². The number of rotatable bonds is 5. The van der Waals surface area contributed by atoms with Crippen LogP contribution >= 0.6 is 0 Å². The van der Waals surface area contributed by atoms with E-state index in [1.165, 1.54) is 12.8 Å². The normalized spacial score (nSPS) is 27.7. The molecule has 0 aromatic heterocycles. The number of hydrogen-bond acceptors (Lipinski definition) is 3. The van der Waals surface area contributed by atoms with Crippen LogP contribution in [0.15, 0.2) is 0 Å². The Kier molecular flexibility index (Phi) is 5.64. The zero-order chi connectivity index (χ0) is 13.7. The molecule has 0 radical (unpaired) electrons. The molecule has 2 rings (SSSR count). The summed E-state index contributed by atoms with van der Waals surface area (Å²) in [4.78, 5) is 14.7. The maximum atomic E-state index is 12.6. The number of nitrogens with zero attached hydrogens (tertiary/aromatic N) is 1. The molecule has 0 aromatic carbocycles. The molecule has 2 fully saturated rings. The average molecular weight is 268 g/mol. The van der Waals surface area contributed by atoms with Crippen molar-refractivity contribution in [2.75, 3.05) is 32.8 Å². The number of carbonyl (C=O) groups excluding carboxylic acids is 1. The first-order chi connectivity index (χ1) is 9.16. The van der Waals surface area contributed by atoms with Crippen LogP contribution < -0.4 is 5.32 Å². The van der Waals surface area contributed by atoms with Gasteiger partial charge >= 0.3 is 0 Å². The number of amides is 1. The van der Waals surface area contributed by atoms with Crippen LogP contribution in [0.2, 0.25) is 0 Å². The molecule has 110 valence electrons. The minimum Gasteiger partial charge on any atom is -0.381 e. The zero-order valence-electron chi connectivity index (χ0n) is 12.4. The largest absolute Gasteiger partial charge is 0.381 e. The van der Waals surface area contributed by atoms with Crippen LogP contribution in [-0.4, -0.2) is 49.7 Å². The van der Waals surface area contributed by atoms with E-state index in [4.69, 9.17) is 4.74 Å². The lowest BCUT2D eigenvalue weighted by atomic mass is 9.99. The number of ether oxygens (including phenoxy) is 1. The van der Waals surface area contributed by atoms with Crippen LogP contribution in [0.1, 0.15) is 39.5 Å². The van der Waals surface area contributed by atoms with Crippen molar-refractivity contribution < 1.29 is 9.53 Å². The summed E-state index contributed by atoms with van der Waals surface area (Å²) in [6.07, 6.45) is 4.45. The first-order valence-corrected chi connectivity index (χ1v) is 7.76. The van der Waals surface area contributed by atoms with E-state index in [1.54, 1.807) is 0 Å².